The molecule has 0 radical (unpaired) electrons. The van der Waals surface area contributed by atoms with Crippen molar-refractivity contribution in [2.75, 3.05) is 26.8 Å². The summed E-state index contributed by atoms with van der Waals surface area (Å²) in [7, 11) is 1.64. The first-order chi connectivity index (χ1) is 11.7. The zero-order valence-corrected chi connectivity index (χ0v) is 14.9. The number of furan rings is 1. The molecule has 2 amide bonds. The van der Waals surface area contributed by atoms with E-state index in [4.69, 9.17) is 9.15 Å². The van der Waals surface area contributed by atoms with Gasteiger partial charge in [-0.15, -0.1) is 0 Å². The molecule has 0 spiro atoms. The average molecular weight is 334 g/mol. The highest BCUT2D eigenvalue weighted by atomic mass is 16.5. The molecule has 2 heterocycles. The molecule has 5 nitrogen and oxygen atoms in total. The molecule has 1 aromatic heterocycles. The number of hydrogen-bond donors (Lipinski definition) is 1. The van der Waals surface area contributed by atoms with Crippen molar-refractivity contribution in [1.29, 1.82) is 0 Å². The van der Waals surface area contributed by atoms with Crippen LogP contribution in [-0.2, 0) is 4.74 Å². The average Bonchev–Trinajstić information content (AvgIpc) is 3.26. The number of hydrogen-bond acceptors (Lipinski definition) is 3. The van der Waals surface area contributed by atoms with E-state index in [-0.39, 0.29) is 12.1 Å². The largest absolute Gasteiger partial charge is 0.464 e. The molecule has 1 unspecified atom stereocenters. The molecular weight excluding hydrogens is 304 g/mol. The van der Waals surface area contributed by atoms with Crippen LogP contribution >= 0.6 is 0 Å². The third kappa shape index (κ3) is 4.12. The van der Waals surface area contributed by atoms with Gasteiger partial charge in [-0.1, -0.05) is 25.7 Å². The second-order valence-electron chi connectivity index (χ2n) is 7.27. The van der Waals surface area contributed by atoms with Gasteiger partial charge in [-0.2, -0.15) is 0 Å². The molecular formula is C19H30N2O3. The highest BCUT2D eigenvalue weighted by Crippen LogP contribution is 2.36. The van der Waals surface area contributed by atoms with Crippen LogP contribution in [0.2, 0.25) is 0 Å². The highest BCUT2D eigenvalue weighted by Gasteiger charge is 2.31. The maximum atomic E-state index is 12.6. The van der Waals surface area contributed by atoms with E-state index in [2.05, 4.69) is 5.32 Å². The summed E-state index contributed by atoms with van der Waals surface area (Å²) in [6.07, 6.45) is 7.87. The Labute approximate surface area is 144 Å². The van der Waals surface area contributed by atoms with Gasteiger partial charge < -0.3 is 19.4 Å². The van der Waals surface area contributed by atoms with Crippen molar-refractivity contribution in [1.82, 2.24) is 10.2 Å². The Kier molecular flexibility index (Phi) is 5.82. The van der Waals surface area contributed by atoms with Gasteiger partial charge in [0.15, 0.2) is 0 Å². The van der Waals surface area contributed by atoms with Crippen molar-refractivity contribution in [3.63, 3.8) is 0 Å². The van der Waals surface area contributed by atoms with Crippen molar-refractivity contribution in [2.45, 2.75) is 51.5 Å². The molecule has 3 rings (SSSR count). The van der Waals surface area contributed by atoms with Crippen LogP contribution in [0.15, 0.2) is 16.5 Å². The van der Waals surface area contributed by atoms with Crippen LogP contribution in [0.1, 0.15) is 56.1 Å². The molecule has 2 fully saturated rings. The summed E-state index contributed by atoms with van der Waals surface area (Å²) in [5, 5.41) is 3.07. The first kappa shape index (κ1) is 17.3. The van der Waals surface area contributed by atoms with E-state index in [1.165, 1.54) is 25.7 Å². The predicted octanol–water partition coefficient (Wildman–Crippen LogP) is 3.89. The molecule has 1 atom stereocenters. The number of methoxy groups -OCH3 is 1. The number of nitrogens with zero attached hydrogens (tertiary/aromatic N) is 1. The van der Waals surface area contributed by atoms with Crippen molar-refractivity contribution in [3.05, 3.63) is 23.7 Å². The quantitative estimate of drug-likeness (QED) is 0.889. The third-order valence-corrected chi connectivity index (χ3v) is 5.63. The standard InChI is InChI=1S/C19H30N2O3/c1-14-7-8-18(24-14)17(13-23-2)20-19(22)21-11-9-16(10-12-21)15-5-3-4-6-15/h7-8,15-17H,3-6,9-13H2,1-2H3,(H,20,22). The Morgan fingerprint density at radius 1 is 1.25 bits per heavy atom. The first-order valence-corrected chi connectivity index (χ1v) is 9.28. The van der Waals surface area contributed by atoms with Crippen LogP contribution in [0.25, 0.3) is 0 Å². The van der Waals surface area contributed by atoms with Crippen LogP contribution in [-0.4, -0.2) is 37.7 Å². The smallest absolute Gasteiger partial charge is 0.318 e. The third-order valence-electron chi connectivity index (χ3n) is 5.63. The Balaban J connectivity index is 1.52. The normalized spacial score (nSPS) is 21.2. The zero-order valence-electron chi connectivity index (χ0n) is 14.9. The summed E-state index contributed by atoms with van der Waals surface area (Å²) >= 11 is 0. The topological polar surface area (TPSA) is 54.7 Å². The number of amides is 2. The van der Waals surface area contributed by atoms with Crippen LogP contribution in [0.5, 0.6) is 0 Å². The summed E-state index contributed by atoms with van der Waals surface area (Å²) in [5.41, 5.74) is 0. The Bertz CT molecular complexity index is 528. The summed E-state index contributed by atoms with van der Waals surface area (Å²) in [4.78, 5) is 14.6. The number of nitrogens with one attached hydrogen (secondary N) is 1. The molecule has 134 valence electrons. The lowest BCUT2D eigenvalue weighted by atomic mass is 9.83. The number of likely N-dealkylation sites (tertiary alicyclic amines) is 1. The Morgan fingerprint density at radius 2 is 1.92 bits per heavy atom. The van der Waals surface area contributed by atoms with Gasteiger partial charge in [-0.3, -0.25) is 0 Å². The summed E-state index contributed by atoms with van der Waals surface area (Å²) in [6, 6.07) is 3.59. The minimum Gasteiger partial charge on any atom is -0.464 e. The van der Waals surface area contributed by atoms with Gasteiger partial charge in [-0.25, -0.2) is 4.79 Å². The molecule has 1 aliphatic carbocycles. The first-order valence-electron chi connectivity index (χ1n) is 9.28. The maximum absolute atomic E-state index is 12.6. The van der Waals surface area contributed by atoms with Gasteiger partial charge in [-0.05, 0) is 43.7 Å². The van der Waals surface area contributed by atoms with Crippen LogP contribution < -0.4 is 5.32 Å². The summed E-state index contributed by atoms with van der Waals surface area (Å²) in [5.74, 6) is 3.32. The lowest BCUT2D eigenvalue weighted by Crippen LogP contribution is -2.46. The van der Waals surface area contributed by atoms with Gasteiger partial charge in [0, 0.05) is 20.2 Å². The molecule has 0 aromatic carbocycles. The molecule has 1 saturated heterocycles. The number of carbonyl (C=O) groups is 1. The number of aryl methyl sites for hydroxylation is 1. The van der Waals surface area contributed by atoms with E-state index < -0.39 is 0 Å². The zero-order chi connectivity index (χ0) is 16.9. The fourth-order valence-electron chi connectivity index (χ4n) is 4.25. The van der Waals surface area contributed by atoms with Gasteiger partial charge in [0.25, 0.3) is 0 Å². The Morgan fingerprint density at radius 3 is 2.50 bits per heavy atom. The van der Waals surface area contributed by atoms with Gasteiger partial charge in [0.2, 0.25) is 0 Å². The van der Waals surface area contributed by atoms with Crippen LogP contribution in [0, 0.1) is 18.8 Å². The van der Waals surface area contributed by atoms with Crippen molar-refractivity contribution < 1.29 is 13.9 Å². The summed E-state index contributed by atoms with van der Waals surface area (Å²) < 4.78 is 10.9. The highest BCUT2D eigenvalue weighted by molar-refractivity contribution is 5.74. The number of rotatable bonds is 5. The van der Waals surface area contributed by atoms with E-state index in [0.717, 1.165) is 49.3 Å². The lowest BCUT2D eigenvalue weighted by molar-refractivity contribution is 0.130. The minimum atomic E-state index is -0.233. The molecule has 24 heavy (non-hydrogen) atoms. The van der Waals surface area contributed by atoms with E-state index in [1.807, 2.05) is 24.0 Å². The van der Waals surface area contributed by atoms with Crippen LogP contribution in [0.4, 0.5) is 4.79 Å². The van der Waals surface area contributed by atoms with Gasteiger partial charge in [0.1, 0.15) is 17.6 Å². The predicted molar refractivity (Wildman–Crippen MR) is 92.8 cm³/mol. The number of urea groups is 1. The molecule has 5 heteroatoms. The Hall–Kier alpha value is -1.49. The fourth-order valence-corrected chi connectivity index (χ4v) is 4.25. The van der Waals surface area contributed by atoms with Crippen molar-refractivity contribution >= 4 is 6.03 Å². The van der Waals surface area contributed by atoms with Gasteiger partial charge >= 0.3 is 6.03 Å². The van der Waals surface area contributed by atoms with Crippen molar-refractivity contribution in [2.24, 2.45) is 11.8 Å². The molecule has 2 aliphatic rings. The monoisotopic (exact) mass is 334 g/mol. The minimum absolute atomic E-state index is 0.00373. The maximum Gasteiger partial charge on any atom is 0.318 e. The van der Waals surface area contributed by atoms with Crippen molar-refractivity contribution in [3.8, 4) is 0 Å². The molecule has 0 bridgehead atoms. The number of piperidine rings is 1. The number of carbonyl (C=O) groups excluding carboxylic acids is 1. The number of ether oxygens (including phenoxy) is 1. The second kappa shape index (κ2) is 8.06. The SMILES string of the molecule is COCC(NC(=O)N1CCC(C2CCCC2)CC1)c1ccc(C)o1. The summed E-state index contributed by atoms with van der Waals surface area (Å²) in [6.45, 7) is 4.05. The second-order valence-corrected chi connectivity index (χ2v) is 7.27. The van der Waals surface area contributed by atoms with E-state index in [0.29, 0.717) is 6.61 Å². The lowest BCUT2D eigenvalue weighted by Gasteiger charge is -2.35. The van der Waals surface area contributed by atoms with E-state index in [9.17, 15) is 4.79 Å². The molecule has 1 N–H and O–H groups in total. The molecule has 1 aromatic rings. The van der Waals surface area contributed by atoms with E-state index >= 15 is 0 Å². The molecule has 1 aliphatic heterocycles. The van der Waals surface area contributed by atoms with E-state index in [1.54, 1.807) is 7.11 Å². The van der Waals surface area contributed by atoms with Crippen LogP contribution in [0.3, 0.4) is 0 Å². The van der Waals surface area contributed by atoms with Gasteiger partial charge in [0.05, 0.1) is 6.61 Å². The molecule has 1 saturated carbocycles. The fraction of sp³-hybridized carbons (Fsp3) is 0.737.